The minimum atomic E-state index is -1.02. The van der Waals surface area contributed by atoms with Gasteiger partial charge in [-0.05, 0) is 13.8 Å². The average molecular weight is 120 g/mol. The Hall–Kier alpha value is -0.120. The maximum absolute atomic E-state index is 8.70. The molecule has 0 unspecified atom stereocenters. The first-order valence-electron chi connectivity index (χ1n) is 2.60. The Morgan fingerprint density at radius 3 is 1.12 bits per heavy atom. The van der Waals surface area contributed by atoms with Gasteiger partial charge in [0.1, 0.15) is 6.10 Å². The summed E-state index contributed by atoms with van der Waals surface area (Å²) in [5.74, 6) is 0. The third-order valence-corrected chi connectivity index (χ3v) is 0.989. The number of hydrogen-bond donors (Lipinski definition) is 3. The smallest absolute Gasteiger partial charge is 0.105 e. The van der Waals surface area contributed by atoms with Crippen LogP contribution in [0.5, 0.6) is 0 Å². The van der Waals surface area contributed by atoms with Crippen molar-refractivity contribution in [2.24, 2.45) is 0 Å². The Kier molecular flexibility index (Phi) is 2.97. The number of hydrogen-bond acceptors (Lipinski definition) is 3. The molecule has 0 fully saturated rings. The maximum Gasteiger partial charge on any atom is 0.105 e. The zero-order valence-electron chi connectivity index (χ0n) is 5.07. The normalized spacial score (nSPS) is 18.8. The Balaban J connectivity index is 3.46. The van der Waals surface area contributed by atoms with Crippen molar-refractivity contribution in [3.8, 4) is 0 Å². The predicted octanol–water partition coefficient (Wildman–Crippen LogP) is -0.891. The minimum Gasteiger partial charge on any atom is -0.391 e. The van der Waals surface area contributed by atoms with Crippen LogP contribution in [0.1, 0.15) is 13.8 Å². The molecular weight excluding hydrogens is 108 g/mol. The number of aliphatic hydroxyl groups is 3. The Labute approximate surface area is 48.6 Å². The van der Waals surface area contributed by atoms with Gasteiger partial charge < -0.3 is 15.3 Å². The van der Waals surface area contributed by atoms with Gasteiger partial charge in [0.25, 0.3) is 0 Å². The molecule has 0 aromatic carbocycles. The monoisotopic (exact) mass is 120 g/mol. The molecular formula is C5H12O3. The molecule has 50 valence electrons. The topological polar surface area (TPSA) is 60.7 Å². The summed E-state index contributed by atoms with van der Waals surface area (Å²) in [7, 11) is 0. The molecule has 0 amide bonds. The van der Waals surface area contributed by atoms with Crippen molar-refractivity contribution in [3.05, 3.63) is 0 Å². The summed E-state index contributed by atoms with van der Waals surface area (Å²) in [6.07, 6.45) is -2.72. The van der Waals surface area contributed by atoms with Crippen molar-refractivity contribution in [1.29, 1.82) is 0 Å². The predicted molar refractivity (Wildman–Crippen MR) is 29.4 cm³/mol. The third kappa shape index (κ3) is 2.26. The maximum atomic E-state index is 8.70. The third-order valence-electron chi connectivity index (χ3n) is 0.989. The van der Waals surface area contributed by atoms with Gasteiger partial charge in [0.05, 0.1) is 12.2 Å². The van der Waals surface area contributed by atoms with E-state index in [9.17, 15) is 0 Å². The molecule has 0 spiro atoms. The molecule has 0 aliphatic rings. The lowest BCUT2D eigenvalue weighted by molar-refractivity contribution is -0.0438. The van der Waals surface area contributed by atoms with Crippen LogP contribution in [-0.4, -0.2) is 33.6 Å². The van der Waals surface area contributed by atoms with E-state index in [-0.39, 0.29) is 0 Å². The van der Waals surface area contributed by atoms with Crippen LogP contribution in [0.25, 0.3) is 0 Å². The van der Waals surface area contributed by atoms with Gasteiger partial charge in [-0.2, -0.15) is 0 Å². The first kappa shape index (κ1) is 7.88. The van der Waals surface area contributed by atoms with Gasteiger partial charge in [-0.15, -0.1) is 0 Å². The fourth-order valence-electron chi connectivity index (χ4n) is 0.403. The molecule has 0 saturated heterocycles. The minimum absolute atomic E-state index is 0.852. The summed E-state index contributed by atoms with van der Waals surface area (Å²) in [5.41, 5.74) is 0. The second-order valence-corrected chi connectivity index (χ2v) is 1.97. The van der Waals surface area contributed by atoms with Crippen LogP contribution in [0.15, 0.2) is 0 Å². The van der Waals surface area contributed by atoms with Crippen molar-refractivity contribution in [3.63, 3.8) is 0 Å². The molecule has 2 atom stereocenters. The van der Waals surface area contributed by atoms with Gasteiger partial charge in [-0.3, -0.25) is 0 Å². The Morgan fingerprint density at radius 2 is 1.12 bits per heavy atom. The fraction of sp³-hybridized carbons (Fsp3) is 1.00. The van der Waals surface area contributed by atoms with Gasteiger partial charge in [0.15, 0.2) is 0 Å². The molecule has 0 aromatic rings. The van der Waals surface area contributed by atoms with Crippen molar-refractivity contribution < 1.29 is 15.3 Å². The summed E-state index contributed by atoms with van der Waals surface area (Å²) in [6, 6.07) is 0. The quantitative estimate of drug-likeness (QED) is 0.443. The molecule has 3 heteroatoms. The molecule has 0 heterocycles. The van der Waals surface area contributed by atoms with E-state index in [4.69, 9.17) is 15.3 Å². The molecule has 0 radical (unpaired) electrons. The Bertz CT molecular complexity index is 52.7. The van der Waals surface area contributed by atoms with Crippen LogP contribution in [0.4, 0.5) is 0 Å². The molecule has 0 saturated carbocycles. The van der Waals surface area contributed by atoms with E-state index in [1.807, 2.05) is 0 Å². The highest BCUT2D eigenvalue weighted by Gasteiger charge is 2.15. The van der Waals surface area contributed by atoms with E-state index in [1.165, 1.54) is 13.8 Å². The largest absolute Gasteiger partial charge is 0.391 e. The average Bonchev–Trinajstić information content (AvgIpc) is 1.64. The van der Waals surface area contributed by atoms with Crippen LogP contribution >= 0.6 is 0 Å². The van der Waals surface area contributed by atoms with Gasteiger partial charge in [-0.1, -0.05) is 0 Å². The molecule has 0 aromatic heterocycles. The lowest BCUT2D eigenvalue weighted by Crippen LogP contribution is -2.33. The molecule has 3 N–H and O–H groups in total. The molecule has 0 aliphatic carbocycles. The summed E-state index contributed by atoms with van der Waals surface area (Å²) in [4.78, 5) is 0. The zero-order valence-corrected chi connectivity index (χ0v) is 5.07. The van der Waals surface area contributed by atoms with E-state index in [1.54, 1.807) is 0 Å². The SMILES string of the molecule is C[C@@H](O)C(O)[C@@H](C)O. The standard InChI is InChI=1S/C5H12O3/c1-3(6)5(8)4(2)7/h3-8H,1-2H3/t3-,4-/m1/s1. The highest BCUT2D eigenvalue weighted by atomic mass is 16.4. The van der Waals surface area contributed by atoms with Crippen LogP contribution in [0, 0.1) is 0 Å². The van der Waals surface area contributed by atoms with Crippen LogP contribution < -0.4 is 0 Å². The van der Waals surface area contributed by atoms with Gasteiger partial charge in [0.2, 0.25) is 0 Å². The van der Waals surface area contributed by atoms with E-state index in [2.05, 4.69) is 0 Å². The lowest BCUT2D eigenvalue weighted by atomic mass is 10.1. The van der Waals surface area contributed by atoms with Gasteiger partial charge in [0, 0.05) is 0 Å². The van der Waals surface area contributed by atoms with Crippen LogP contribution in [0.3, 0.4) is 0 Å². The Morgan fingerprint density at radius 1 is 0.875 bits per heavy atom. The summed E-state index contributed by atoms with van der Waals surface area (Å²) < 4.78 is 0. The molecule has 0 aliphatic heterocycles. The number of aliphatic hydroxyl groups excluding tert-OH is 3. The number of rotatable bonds is 2. The van der Waals surface area contributed by atoms with Crippen LogP contribution in [-0.2, 0) is 0 Å². The highest BCUT2D eigenvalue weighted by Crippen LogP contribution is 1.96. The lowest BCUT2D eigenvalue weighted by Gasteiger charge is -2.15. The summed E-state index contributed by atoms with van der Waals surface area (Å²) in [5, 5.41) is 25.9. The molecule has 8 heavy (non-hydrogen) atoms. The molecule has 3 nitrogen and oxygen atoms in total. The van der Waals surface area contributed by atoms with Crippen molar-refractivity contribution in [2.45, 2.75) is 32.2 Å². The van der Waals surface area contributed by atoms with Crippen molar-refractivity contribution in [2.75, 3.05) is 0 Å². The van der Waals surface area contributed by atoms with E-state index in [0.717, 1.165) is 0 Å². The van der Waals surface area contributed by atoms with Gasteiger partial charge in [-0.25, -0.2) is 0 Å². The van der Waals surface area contributed by atoms with E-state index >= 15 is 0 Å². The van der Waals surface area contributed by atoms with E-state index < -0.39 is 18.3 Å². The molecule has 0 rings (SSSR count). The van der Waals surface area contributed by atoms with Crippen molar-refractivity contribution >= 4 is 0 Å². The first-order valence-corrected chi connectivity index (χ1v) is 2.60. The van der Waals surface area contributed by atoms with Crippen molar-refractivity contribution in [1.82, 2.24) is 0 Å². The molecule has 0 bridgehead atoms. The first-order chi connectivity index (χ1) is 3.55. The van der Waals surface area contributed by atoms with E-state index in [0.29, 0.717) is 0 Å². The van der Waals surface area contributed by atoms with Crippen LogP contribution in [0.2, 0.25) is 0 Å². The fourth-order valence-corrected chi connectivity index (χ4v) is 0.403. The zero-order chi connectivity index (χ0) is 6.73. The van der Waals surface area contributed by atoms with Gasteiger partial charge >= 0.3 is 0 Å². The highest BCUT2D eigenvalue weighted by molar-refractivity contribution is 4.66. The second kappa shape index (κ2) is 3.02. The second-order valence-electron chi connectivity index (χ2n) is 1.97. The summed E-state index contributed by atoms with van der Waals surface area (Å²) >= 11 is 0. The summed E-state index contributed by atoms with van der Waals surface area (Å²) in [6.45, 7) is 2.86.